The van der Waals surface area contributed by atoms with E-state index in [4.69, 9.17) is 4.74 Å². The van der Waals surface area contributed by atoms with E-state index >= 15 is 0 Å². The van der Waals surface area contributed by atoms with Crippen molar-refractivity contribution in [3.05, 3.63) is 95.6 Å². The average Bonchev–Trinajstić information content (AvgIpc) is 2.79. The zero-order chi connectivity index (χ0) is 23.8. The molecule has 2 amide bonds. The van der Waals surface area contributed by atoms with Gasteiger partial charge < -0.3 is 15.4 Å². The molecule has 3 aromatic carbocycles. The molecule has 2 N–H and O–H groups in total. The van der Waals surface area contributed by atoms with Crippen LogP contribution in [0, 0.1) is 0 Å². The number of anilines is 2. The minimum atomic E-state index is -4.50. The van der Waals surface area contributed by atoms with Crippen LogP contribution in [0.1, 0.15) is 28.4 Å². The quantitative estimate of drug-likeness (QED) is 0.430. The Bertz CT molecular complexity index is 1140. The van der Waals surface area contributed by atoms with Crippen LogP contribution in [-0.2, 0) is 11.0 Å². The van der Waals surface area contributed by atoms with Gasteiger partial charge in [-0.15, -0.1) is 0 Å². The summed E-state index contributed by atoms with van der Waals surface area (Å²) in [4.78, 5) is 24.5. The van der Waals surface area contributed by atoms with Crippen molar-refractivity contribution in [1.82, 2.24) is 0 Å². The van der Waals surface area contributed by atoms with Crippen molar-refractivity contribution >= 4 is 29.3 Å². The largest absolute Gasteiger partial charge is 0.494 e. The maximum absolute atomic E-state index is 12.8. The summed E-state index contributed by atoms with van der Waals surface area (Å²) < 4.78 is 43.8. The van der Waals surface area contributed by atoms with E-state index in [1.54, 1.807) is 6.08 Å². The third-order valence-corrected chi connectivity index (χ3v) is 4.48. The normalized spacial score (nSPS) is 11.3. The Morgan fingerprint density at radius 3 is 2.24 bits per heavy atom. The zero-order valence-electron chi connectivity index (χ0n) is 17.6. The van der Waals surface area contributed by atoms with Gasteiger partial charge in [0.25, 0.3) is 5.91 Å². The molecule has 0 spiro atoms. The zero-order valence-corrected chi connectivity index (χ0v) is 17.6. The van der Waals surface area contributed by atoms with E-state index in [1.165, 1.54) is 42.5 Å². The van der Waals surface area contributed by atoms with Crippen molar-refractivity contribution in [2.45, 2.75) is 13.1 Å². The topological polar surface area (TPSA) is 67.4 Å². The summed E-state index contributed by atoms with van der Waals surface area (Å²) in [5.41, 5.74) is 0.709. The first-order valence-electron chi connectivity index (χ1n) is 10.0. The number of alkyl halides is 3. The van der Waals surface area contributed by atoms with Gasteiger partial charge in [-0.25, -0.2) is 0 Å². The summed E-state index contributed by atoms with van der Waals surface area (Å²) >= 11 is 0. The van der Waals surface area contributed by atoms with Gasteiger partial charge in [-0.3, -0.25) is 9.59 Å². The predicted octanol–water partition coefficient (Wildman–Crippen LogP) is 6.01. The molecule has 0 heterocycles. The van der Waals surface area contributed by atoms with Gasteiger partial charge in [0.15, 0.2) is 0 Å². The van der Waals surface area contributed by atoms with E-state index in [0.29, 0.717) is 12.3 Å². The molecule has 0 fully saturated rings. The number of nitrogens with one attached hydrogen (secondary N) is 2. The summed E-state index contributed by atoms with van der Waals surface area (Å²) in [6.07, 6.45) is -1.46. The molecule has 0 aromatic heterocycles. The number of benzene rings is 3. The van der Waals surface area contributed by atoms with Crippen molar-refractivity contribution in [2.24, 2.45) is 0 Å². The molecule has 0 saturated heterocycles. The van der Waals surface area contributed by atoms with Crippen LogP contribution < -0.4 is 15.4 Å². The summed E-state index contributed by atoms with van der Waals surface area (Å²) in [7, 11) is 0. The number of ether oxygens (including phenoxy) is 1. The predicted molar refractivity (Wildman–Crippen MR) is 121 cm³/mol. The molecule has 0 aliphatic rings. The highest BCUT2D eigenvalue weighted by atomic mass is 19.4. The van der Waals surface area contributed by atoms with Crippen LogP contribution in [-0.4, -0.2) is 18.4 Å². The standard InChI is InChI=1S/C25H21F3N2O3/c1-2-33-22-13-6-17(7-14-22)8-15-23(31)29-20-11-9-18(10-12-20)24(32)30-21-5-3-4-19(16-21)25(26,27)28/h3-16H,2H2,1H3,(H,29,31)(H,30,32)/b15-8+. The second-order valence-corrected chi connectivity index (χ2v) is 6.93. The smallest absolute Gasteiger partial charge is 0.416 e. The molecule has 3 aromatic rings. The Morgan fingerprint density at radius 1 is 0.909 bits per heavy atom. The maximum Gasteiger partial charge on any atom is 0.416 e. The van der Waals surface area contributed by atoms with Crippen LogP contribution in [0.2, 0.25) is 0 Å². The molecule has 0 unspecified atom stereocenters. The lowest BCUT2D eigenvalue weighted by molar-refractivity contribution is -0.137. The highest BCUT2D eigenvalue weighted by Gasteiger charge is 2.30. The Balaban J connectivity index is 1.57. The van der Waals surface area contributed by atoms with E-state index in [-0.39, 0.29) is 17.2 Å². The van der Waals surface area contributed by atoms with E-state index < -0.39 is 17.6 Å². The number of carbonyl (C=O) groups excluding carboxylic acids is 2. The van der Waals surface area contributed by atoms with Crippen LogP contribution >= 0.6 is 0 Å². The summed E-state index contributed by atoms with van der Waals surface area (Å²) in [6.45, 7) is 2.47. The fourth-order valence-corrected chi connectivity index (χ4v) is 2.88. The summed E-state index contributed by atoms with van der Waals surface area (Å²) in [6, 6.07) is 17.7. The molecule has 0 atom stereocenters. The summed E-state index contributed by atoms with van der Waals surface area (Å²) in [5.74, 6) is -0.177. The maximum atomic E-state index is 12.8. The highest BCUT2D eigenvalue weighted by Crippen LogP contribution is 2.30. The molecule has 0 bridgehead atoms. The monoisotopic (exact) mass is 454 g/mol. The van der Waals surface area contributed by atoms with Gasteiger partial charge in [0.1, 0.15) is 5.75 Å². The fourth-order valence-electron chi connectivity index (χ4n) is 2.88. The van der Waals surface area contributed by atoms with E-state index in [0.717, 1.165) is 23.4 Å². The Morgan fingerprint density at radius 2 is 1.61 bits per heavy atom. The molecule has 3 rings (SSSR count). The number of hydrogen-bond donors (Lipinski definition) is 2. The number of carbonyl (C=O) groups is 2. The lowest BCUT2D eigenvalue weighted by atomic mass is 10.1. The van der Waals surface area contributed by atoms with Gasteiger partial charge >= 0.3 is 6.18 Å². The van der Waals surface area contributed by atoms with Crippen molar-refractivity contribution in [3.63, 3.8) is 0 Å². The van der Waals surface area contributed by atoms with Gasteiger partial charge in [-0.05, 0) is 73.2 Å². The van der Waals surface area contributed by atoms with E-state index in [9.17, 15) is 22.8 Å². The van der Waals surface area contributed by atoms with E-state index in [1.807, 2.05) is 31.2 Å². The van der Waals surface area contributed by atoms with Crippen LogP contribution in [0.5, 0.6) is 5.75 Å². The Labute approximate surface area is 188 Å². The van der Waals surface area contributed by atoms with Crippen LogP contribution in [0.3, 0.4) is 0 Å². The molecule has 5 nitrogen and oxygen atoms in total. The molecular weight excluding hydrogens is 433 g/mol. The third-order valence-electron chi connectivity index (χ3n) is 4.48. The Kier molecular flexibility index (Phi) is 7.50. The SMILES string of the molecule is CCOc1ccc(/C=C/C(=O)Nc2ccc(C(=O)Nc3cccc(C(F)(F)F)c3)cc2)cc1. The lowest BCUT2D eigenvalue weighted by Gasteiger charge is -2.10. The average molecular weight is 454 g/mol. The lowest BCUT2D eigenvalue weighted by Crippen LogP contribution is -2.13. The van der Waals surface area contributed by atoms with Gasteiger partial charge in [0.2, 0.25) is 5.91 Å². The van der Waals surface area contributed by atoms with Gasteiger partial charge in [-0.1, -0.05) is 18.2 Å². The number of halogens is 3. The molecule has 0 aliphatic heterocycles. The minimum absolute atomic E-state index is 0.0339. The first-order valence-corrected chi connectivity index (χ1v) is 10.0. The van der Waals surface area contributed by atoms with E-state index in [2.05, 4.69) is 10.6 Å². The van der Waals surface area contributed by atoms with Crippen molar-refractivity contribution in [3.8, 4) is 5.75 Å². The highest BCUT2D eigenvalue weighted by molar-refractivity contribution is 6.05. The molecule has 170 valence electrons. The molecule has 33 heavy (non-hydrogen) atoms. The second kappa shape index (κ2) is 10.5. The van der Waals surface area contributed by atoms with Crippen LogP contribution in [0.15, 0.2) is 78.9 Å². The van der Waals surface area contributed by atoms with Gasteiger partial charge in [0.05, 0.1) is 12.2 Å². The first kappa shape index (κ1) is 23.6. The number of rotatable bonds is 7. The fraction of sp³-hybridized carbons (Fsp3) is 0.120. The van der Waals surface area contributed by atoms with Crippen molar-refractivity contribution in [2.75, 3.05) is 17.2 Å². The Hall–Kier alpha value is -4.07. The van der Waals surface area contributed by atoms with Gasteiger partial charge in [-0.2, -0.15) is 13.2 Å². The first-order chi connectivity index (χ1) is 15.7. The summed E-state index contributed by atoms with van der Waals surface area (Å²) in [5, 5.41) is 5.11. The molecule has 0 aliphatic carbocycles. The third kappa shape index (κ3) is 6.96. The molecule has 8 heteroatoms. The van der Waals surface area contributed by atoms with Crippen molar-refractivity contribution in [1.29, 1.82) is 0 Å². The molecular formula is C25H21F3N2O3. The van der Waals surface area contributed by atoms with Crippen LogP contribution in [0.4, 0.5) is 24.5 Å². The number of amides is 2. The van der Waals surface area contributed by atoms with Crippen molar-refractivity contribution < 1.29 is 27.5 Å². The van der Waals surface area contributed by atoms with Gasteiger partial charge in [0, 0.05) is 23.0 Å². The molecule has 0 radical (unpaired) electrons. The number of hydrogen-bond acceptors (Lipinski definition) is 3. The minimum Gasteiger partial charge on any atom is -0.494 e. The second-order valence-electron chi connectivity index (χ2n) is 6.93. The van der Waals surface area contributed by atoms with Crippen LogP contribution in [0.25, 0.3) is 6.08 Å². The molecule has 0 saturated carbocycles.